The first-order valence-electron chi connectivity index (χ1n) is 8.71. The number of fused-ring (bicyclic) bond motifs is 3. The lowest BCUT2D eigenvalue weighted by Gasteiger charge is -2.24. The van der Waals surface area contributed by atoms with Crippen LogP contribution in [0.2, 0.25) is 5.02 Å². The lowest BCUT2D eigenvalue weighted by molar-refractivity contribution is 0.310. The average Bonchev–Trinajstić information content (AvgIpc) is 2.92. The van der Waals surface area contributed by atoms with Crippen LogP contribution in [0.1, 0.15) is 23.7 Å². The van der Waals surface area contributed by atoms with Gasteiger partial charge in [0.1, 0.15) is 0 Å². The molecule has 3 nitrogen and oxygen atoms in total. The van der Waals surface area contributed by atoms with Crippen LogP contribution in [0, 0.1) is 0 Å². The van der Waals surface area contributed by atoms with Crippen LogP contribution in [0.3, 0.4) is 0 Å². The van der Waals surface area contributed by atoms with E-state index in [1.54, 1.807) is 0 Å². The molecule has 1 aliphatic heterocycles. The van der Waals surface area contributed by atoms with Gasteiger partial charge in [-0.2, -0.15) is 0 Å². The second kappa shape index (κ2) is 6.66. The average molecular weight is 352 g/mol. The van der Waals surface area contributed by atoms with Crippen molar-refractivity contribution < 1.29 is 0 Å². The van der Waals surface area contributed by atoms with Crippen LogP contribution in [0.5, 0.6) is 0 Å². The molecule has 0 radical (unpaired) electrons. The number of likely N-dealkylation sites (N-methyl/N-ethyl adjacent to an activating group) is 1. The highest BCUT2D eigenvalue weighted by atomic mass is 35.5. The number of pyridine rings is 1. The minimum atomic E-state index is 0.807. The molecule has 1 aliphatic rings. The number of hydrogen-bond donors (Lipinski definition) is 0. The predicted octanol–water partition coefficient (Wildman–Crippen LogP) is 4.78. The van der Waals surface area contributed by atoms with Gasteiger partial charge in [0, 0.05) is 60.1 Å². The number of aromatic nitrogens is 2. The van der Waals surface area contributed by atoms with Gasteiger partial charge in [-0.25, -0.2) is 0 Å². The molecule has 0 spiro atoms. The predicted molar refractivity (Wildman–Crippen MR) is 105 cm³/mol. The summed E-state index contributed by atoms with van der Waals surface area (Å²) in [5.41, 5.74) is 6.70. The maximum atomic E-state index is 6.29. The molecule has 0 aliphatic carbocycles. The van der Waals surface area contributed by atoms with Gasteiger partial charge in [0.15, 0.2) is 0 Å². The highest BCUT2D eigenvalue weighted by Gasteiger charge is 2.23. The zero-order valence-electron chi connectivity index (χ0n) is 14.7. The Bertz CT molecular complexity index is 941. The molecule has 0 unspecified atom stereocenters. The maximum absolute atomic E-state index is 6.29. The van der Waals surface area contributed by atoms with E-state index in [0.717, 1.165) is 31.1 Å². The first kappa shape index (κ1) is 16.4. The summed E-state index contributed by atoms with van der Waals surface area (Å²) >= 11 is 6.29. The zero-order chi connectivity index (χ0) is 17.4. The van der Waals surface area contributed by atoms with Gasteiger partial charge in [-0.3, -0.25) is 4.98 Å². The van der Waals surface area contributed by atoms with Crippen molar-refractivity contribution in [3.63, 3.8) is 0 Å². The van der Waals surface area contributed by atoms with Gasteiger partial charge in [-0.1, -0.05) is 17.7 Å². The van der Waals surface area contributed by atoms with Gasteiger partial charge >= 0.3 is 0 Å². The normalized spacial score (nSPS) is 15.6. The van der Waals surface area contributed by atoms with Crippen LogP contribution in [0.15, 0.2) is 48.8 Å². The van der Waals surface area contributed by atoms with Gasteiger partial charge in [0.2, 0.25) is 0 Å². The number of halogens is 1. The second-order valence-corrected chi connectivity index (χ2v) is 7.15. The topological polar surface area (TPSA) is 21.1 Å². The third-order valence-corrected chi connectivity index (χ3v) is 5.37. The number of benzene rings is 1. The third-order valence-electron chi connectivity index (χ3n) is 5.14. The van der Waals surface area contributed by atoms with Crippen molar-refractivity contribution in [2.45, 2.75) is 26.4 Å². The smallest absolute Gasteiger partial charge is 0.0490 e. The van der Waals surface area contributed by atoms with Crippen molar-refractivity contribution in [3.05, 3.63) is 70.6 Å². The highest BCUT2D eigenvalue weighted by molar-refractivity contribution is 6.31. The molecular weight excluding hydrogens is 330 g/mol. The van der Waals surface area contributed by atoms with Gasteiger partial charge in [0.05, 0.1) is 0 Å². The van der Waals surface area contributed by atoms with Crippen LogP contribution in [-0.4, -0.2) is 28.0 Å². The molecule has 1 aromatic carbocycles. The zero-order valence-corrected chi connectivity index (χ0v) is 15.4. The minimum absolute atomic E-state index is 0.807. The molecule has 25 heavy (non-hydrogen) atoms. The van der Waals surface area contributed by atoms with Crippen molar-refractivity contribution in [3.8, 4) is 0 Å². The summed E-state index contributed by atoms with van der Waals surface area (Å²) in [5, 5.41) is 2.10. The Balaban J connectivity index is 1.84. The molecule has 2 aromatic heterocycles. The molecular formula is C21H22ClN3. The standard InChI is InChI=1S/C21H22ClN3/c1-3-15(16-6-9-23-10-7-16)13-25-20-5-4-17(22)12-18(20)19-14-24(2)11-8-21(19)25/h3-7,9-10,12H,8,11,13-14H2,1-2H3/b15-3-. The Kier molecular flexibility index (Phi) is 4.36. The lowest BCUT2D eigenvalue weighted by Crippen LogP contribution is -2.27. The molecule has 0 N–H and O–H groups in total. The molecule has 0 atom stereocenters. The van der Waals surface area contributed by atoms with E-state index >= 15 is 0 Å². The molecule has 0 saturated carbocycles. The minimum Gasteiger partial charge on any atom is -0.340 e. The van der Waals surface area contributed by atoms with Crippen molar-refractivity contribution in [2.75, 3.05) is 13.6 Å². The molecule has 128 valence electrons. The Morgan fingerprint density at radius 1 is 1.24 bits per heavy atom. The Morgan fingerprint density at radius 3 is 2.80 bits per heavy atom. The van der Waals surface area contributed by atoms with Gasteiger partial charge < -0.3 is 9.47 Å². The van der Waals surface area contributed by atoms with Crippen LogP contribution in [0.4, 0.5) is 0 Å². The summed E-state index contributed by atoms with van der Waals surface area (Å²) in [6.07, 6.45) is 7.00. The molecule has 0 saturated heterocycles. The van der Waals surface area contributed by atoms with E-state index in [2.05, 4.69) is 58.8 Å². The van der Waals surface area contributed by atoms with Crippen molar-refractivity contribution >= 4 is 28.1 Å². The van der Waals surface area contributed by atoms with E-state index in [1.807, 2.05) is 18.5 Å². The van der Waals surface area contributed by atoms with E-state index in [4.69, 9.17) is 11.6 Å². The van der Waals surface area contributed by atoms with Crippen molar-refractivity contribution in [2.24, 2.45) is 0 Å². The maximum Gasteiger partial charge on any atom is 0.0490 e. The van der Waals surface area contributed by atoms with Gasteiger partial charge in [-0.15, -0.1) is 0 Å². The number of hydrogen-bond acceptors (Lipinski definition) is 2. The van der Waals surface area contributed by atoms with Crippen molar-refractivity contribution in [1.29, 1.82) is 0 Å². The molecule has 0 amide bonds. The van der Waals surface area contributed by atoms with Crippen LogP contribution < -0.4 is 0 Å². The number of allylic oxidation sites excluding steroid dienone is 2. The first-order chi connectivity index (χ1) is 12.2. The Morgan fingerprint density at radius 2 is 2.04 bits per heavy atom. The monoisotopic (exact) mass is 351 g/mol. The summed E-state index contributed by atoms with van der Waals surface area (Å²) < 4.78 is 2.48. The third kappa shape index (κ3) is 2.99. The molecule has 3 aromatic rings. The SMILES string of the molecule is C/C=C(/Cn1c2c(c3cc(Cl)ccc31)CN(C)CC2)c1ccncc1. The molecule has 3 heterocycles. The largest absolute Gasteiger partial charge is 0.340 e. The van der Waals surface area contributed by atoms with Crippen LogP contribution in [0.25, 0.3) is 16.5 Å². The Hall–Kier alpha value is -2.10. The summed E-state index contributed by atoms with van der Waals surface area (Å²) in [6.45, 7) is 5.06. The fraction of sp³-hybridized carbons (Fsp3) is 0.286. The molecule has 4 heteroatoms. The lowest BCUT2D eigenvalue weighted by atomic mass is 10.0. The molecule has 4 rings (SSSR count). The van der Waals surface area contributed by atoms with E-state index in [9.17, 15) is 0 Å². The summed E-state index contributed by atoms with van der Waals surface area (Å²) in [5.74, 6) is 0. The number of rotatable bonds is 3. The van der Waals surface area contributed by atoms with Crippen LogP contribution in [-0.2, 0) is 19.5 Å². The highest BCUT2D eigenvalue weighted by Crippen LogP contribution is 2.33. The fourth-order valence-corrected chi connectivity index (χ4v) is 4.00. The summed E-state index contributed by atoms with van der Waals surface area (Å²) in [7, 11) is 2.19. The fourth-order valence-electron chi connectivity index (χ4n) is 3.82. The van der Waals surface area contributed by atoms with Gasteiger partial charge in [0.25, 0.3) is 0 Å². The van der Waals surface area contributed by atoms with E-state index in [-0.39, 0.29) is 0 Å². The second-order valence-electron chi connectivity index (χ2n) is 6.71. The van der Waals surface area contributed by atoms with E-state index in [0.29, 0.717) is 0 Å². The van der Waals surface area contributed by atoms with Gasteiger partial charge in [-0.05, 0) is 61.0 Å². The summed E-state index contributed by atoms with van der Waals surface area (Å²) in [6, 6.07) is 10.4. The number of nitrogens with zero attached hydrogens (tertiary/aromatic N) is 3. The first-order valence-corrected chi connectivity index (χ1v) is 9.09. The van der Waals surface area contributed by atoms with E-state index in [1.165, 1.54) is 33.3 Å². The van der Waals surface area contributed by atoms with E-state index < -0.39 is 0 Å². The van der Waals surface area contributed by atoms with Crippen molar-refractivity contribution in [1.82, 2.24) is 14.5 Å². The molecule has 0 fully saturated rings. The molecule has 0 bridgehead atoms. The summed E-state index contributed by atoms with van der Waals surface area (Å²) in [4.78, 5) is 6.52. The van der Waals surface area contributed by atoms with Crippen LogP contribution >= 0.6 is 11.6 Å². The Labute approximate surface area is 153 Å². The quantitative estimate of drug-likeness (QED) is 0.677.